The van der Waals surface area contributed by atoms with Crippen LogP contribution in [-0.4, -0.2) is 16.5 Å². The Morgan fingerprint density at radius 1 is 1.05 bits per heavy atom. The minimum atomic E-state index is 0.0410. The minimum absolute atomic E-state index is 0.0410. The van der Waals surface area contributed by atoms with Gasteiger partial charge in [-0.3, -0.25) is 4.79 Å². The van der Waals surface area contributed by atoms with E-state index in [0.29, 0.717) is 17.4 Å². The molecule has 0 aliphatic carbocycles. The zero-order valence-electron chi connectivity index (χ0n) is 11.9. The molecule has 3 nitrogen and oxygen atoms in total. The number of hydrogen-bond donors (Lipinski definition) is 2. The number of unbranched alkanes of at least 4 members (excludes halogenated alkanes) is 2. The molecule has 0 unspecified atom stereocenters. The number of carbonyl (C=O) groups excluding carboxylic acids is 1. The summed E-state index contributed by atoms with van der Waals surface area (Å²) in [6.45, 7) is 4.26. The van der Waals surface area contributed by atoms with E-state index in [4.69, 9.17) is 0 Å². The summed E-state index contributed by atoms with van der Waals surface area (Å²) in [5.41, 5.74) is 0.913. The highest BCUT2D eigenvalue weighted by Gasteiger charge is 2.19. The first kappa shape index (κ1) is 15.5. The van der Waals surface area contributed by atoms with Gasteiger partial charge in [0.25, 0.3) is 0 Å². The largest absolute Gasteiger partial charge is 0.507 e. The minimum Gasteiger partial charge on any atom is -0.507 e. The molecule has 19 heavy (non-hydrogen) atoms. The lowest BCUT2D eigenvalue weighted by Gasteiger charge is -2.19. The van der Waals surface area contributed by atoms with Gasteiger partial charge in [-0.25, -0.2) is 0 Å². The molecule has 0 radical (unpaired) electrons. The summed E-state index contributed by atoms with van der Waals surface area (Å²) < 4.78 is 0. The van der Waals surface area contributed by atoms with E-state index < -0.39 is 0 Å². The Balaban J connectivity index is 3.02. The van der Waals surface area contributed by atoms with Crippen molar-refractivity contribution in [1.82, 2.24) is 0 Å². The van der Waals surface area contributed by atoms with E-state index in [9.17, 15) is 15.0 Å². The van der Waals surface area contributed by atoms with Gasteiger partial charge >= 0.3 is 0 Å². The summed E-state index contributed by atoms with van der Waals surface area (Å²) in [6, 6.07) is 2.87. The van der Waals surface area contributed by atoms with Crippen LogP contribution in [0.5, 0.6) is 11.5 Å². The number of phenolic OH excluding ortho intramolecular Hbond substituents is 2. The third kappa shape index (κ3) is 4.27. The second-order valence-corrected chi connectivity index (χ2v) is 5.07. The van der Waals surface area contributed by atoms with Crippen LogP contribution >= 0.6 is 0 Å². The van der Waals surface area contributed by atoms with Crippen molar-refractivity contribution in [3.63, 3.8) is 0 Å². The van der Waals surface area contributed by atoms with Crippen molar-refractivity contribution in [2.45, 2.75) is 58.3 Å². The number of hydrogen-bond acceptors (Lipinski definition) is 3. The van der Waals surface area contributed by atoms with Crippen molar-refractivity contribution in [2.24, 2.45) is 0 Å². The van der Waals surface area contributed by atoms with Crippen LogP contribution in [0, 0.1) is 0 Å². The highest BCUT2D eigenvalue weighted by Crippen LogP contribution is 2.40. The molecular weight excluding hydrogens is 240 g/mol. The van der Waals surface area contributed by atoms with Crippen LogP contribution in [0.25, 0.3) is 0 Å². The van der Waals surface area contributed by atoms with Crippen LogP contribution in [-0.2, 0) is 0 Å². The first-order valence-corrected chi connectivity index (χ1v) is 7.15. The van der Waals surface area contributed by atoms with Crippen LogP contribution in [0.15, 0.2) is 12.1 Å². The van der Waals surface area contributed by atoms with Gasteiger partial charge in [0.15, 0.2) is 0 Å². The van der Waals surface area contributed by atoms with Crippen LogP contribution < -0.4 is 0 Å². The second-order valence-electron chi connectivity index (χ2n) is 5.07. The van der Waals surface area contributed by atoms with Gasteiger partial charge in [0.05, 0.1) is 0 Å². The molecule has 0 aromatic heterocycles. The number of rotatable bonds is 8. The van der Waals surface area contributed by atoms with Gasteiger partial charge in [0.1, 0.15) is 17.8 Å². The molecule has 1 rings (SSSR count). The van der Waals surface area contributed by atoms with E-state index in [-0.39, 0.29) is 17.4 Å². The highest BCUT2D eigenvalue weighted by atomic mass is 16.3. The van der Waals surface area contributed by atoms with Gasteiger partial charge in [-0.15, -0.1) is 0 Å². The molecule has 0 bridgehead atoms. The fourth-order valence-electron chi connectivity index (χ4n) is 2.46. The van der Waals surface area contributed by atoms with Crippen molar-refractivity contribution in [2.75, 3.05) is 0 Å². The maximum atomic E-state index is 10.7. The molecule has 3 heteroatoms. The number of benzene rings is 1. The average Bonchev–Trinajstić information content (AvgIpc) is 2.40. The predicted octanol–water partition coefficient (Wildman–Crippen LogP) is 4.37. The van der Waals surface area contributed by atoms with Crippen molar-refractivity contribution in [1.29, 1.82) is 0 Å². The summed E-state index contributed by atoms with van der Waals surface area (Å²) in [4.78, 5) is 10.7. The second kappa shape index (κ2) is 7.82. The molecule has 0 heterocycles. The molecule has 0 amide bonds. The van der Waals surface area contributed by atoms with Gasteiger partial charge in [-0.05, 0) is 30.9 Å². The SMILES string of the molecule is CCCCC(CCCC)c1c(O)cc(C=O)cc1O. The third-order valence-corrected chi connectivity index (χ3v) is 3.52. The normalized spacial score (nSPS) is 10.9. The molecular formula is C16H24O3. The fourth-order valence-corrected chi connectivity index (χ4v) is 2.46. The molecule has 0 spiro atoms. The van der Waals surface area contributed by atoms with Gasteiger partial charge in [0, 0.05) is 11.1 Å². The number of carbonyl (C=O) groups is 1. The van der Waals surface area contributed by atoms with Crippen molar-refractivity contribution < 1.29 is 15.0 Å². The van der Waals surface area contributed by atoms with Gasteiger partial charge in [-0.1, -0.05) is 39.5 Å². The lowest BCUT2D eigenvalue weighted by atomic mass is 9.87. The van der Waals surface area contributed by atoms with Gasteiger partial charge in [-0.2, -0.15) is 0 Å². The predicted molar refractivity (Wildman–Crippen MR) is 77.0 cm³/mol. The maximum Gasteiger partial charge on any atom is 0.150 e. The van der Waals surface area contributed by atoms with Crippen molar-refractivity contribution >= 4 is 6.29 Å². The first-order chi connectivity index (χ1) is 9.13. The quantitative estimate of drug-likeness (QED) is 0.685. The lowest BCUT2D eigenvalue weighted by Crippen LogP contribution is -2.01. The van der Waals surface area contributed by atoms with Crippen molar-refractivity contribution in [3.05, 3.63) is 23.3 Å². The monoisotopic (exact) mass is 264 g/mol. The van der Waals surface area contributed by atoms with E-state index >= 15 is 0 Å². The average molecular weight is 264 g/mol. The Bertz CT molecular complexity index is 381. The smallest absolute Gasteiger partial charge is 0.150 e. The maximum absolute atomic E-state index is 10.7. The summed E-state index contributed by atoms with van der Waals surface area (Å²) in [5, 5.41) is 20.1. The molecule has 0 atom stereocenters. The number of aldehydes is 1. The van der Waals surface area contributed by atoms with Crippen molar-refractivity contribution in [3.8, 4) is 11.5 Å². The number of aromatic hydroxyl groups is 2. The molecule has 1 aromatic rings. The molecule has 0 fully saturated rings. The Hall–Kier alpha value is -1.51. The van der Waals surface area contributed by atoms with Crippen LogP contribution in [0.2, 0.25) is 0 Å². The third-order valence-electron chi connectivity index (χ3n) is 3.52. The standard InChI is InChI=1S/C16H24O3/c1-3-5-7-13(8-6-4-2)16-14(18)9-12(11-17)10-15(16)19/h9-11,13,18-19H,3-8H2,1-2H3. The first-order valence-electron chi connectivity index (χ1n) is 7.15. The van der Waals surface area contributed by atoms with Gasteiger partial charge < -0.3 is 10.2 Å². The molecule has 0 aliphatic heterocycles. The Kier molecular flexibility index (Phi) is 6.40. The van der Waals surface area contributed by atoms with E-state index in [1.807, 2.05) is 0 Å². The summed E-state index contributed by atoms with van der Waals surface area (Å²) in [5.74, 6) is 0.249. The van der Waals surface area contributed by atoms with Crippen LogP contribution in [0.1, 0.15) is 74.2 Å². The molecule has 0 saturated heterocycles. The highest BCUT2D eigenvalue weighted by molar-refractivity contribution is 5.77. The summed E-state index contributed by atoms with van der Waals surface area (Å²) in [7, 11) is 0. The molecule has 0 aliphatic rings. The fraction of sp³-hybridized carbons (Fsp3) is 0.562. The Morgan fingerprint density at radius 2 is 1.53 bits per heavy atom. The zero-order valence-corrected chi connectivity index (χ0v) is 11.9. The van der Waals surface area contributed by atoms with Crippen LogP contribution in [0.3, 0.4) is 0 Å². The van der Waals surface area contributed by atoms with E-state index in [0.717, 1.165) is 38.5 Å². The lowest BCUT2D eigenvalue weighted by molar-refractivity contribution is 0.112. The van der Waals surface area contributed by atoms with E-state index in [1.54, 1.807) is 0 Å². The Morgan fingerprint density at radius 3 is 1.89 bits per heavy atom. The van der Waals surface area contributed by atoms with Crippen LogP contribution in [0.4, 0.5) is 0 Å². The van der Waals surface area contributed by atoms with E-state index in [2.05, 4.69) is 13.8 Å². The molecule has 0 saturated carbocycles. The molecule has 1 aromatic carbocycles. The molecule has 2 N–H and O–H groups in total. The Labute approximate surface area is 115 Å². The summed E-state index contributed by atoms with van der Waals surface area (Å²) >= 11 is 0. The zero-order chi connectivity index (χ0) is 14.3. The summed E-state index contributed by atoms with van der Waals surface area (Å²) in [6.07, 6.45) is 6.88. The topological polar surface area (TPSA) is 57.5 Å². The van der Waals surface area contributed by atoms with Gasteiger partial charge in [0.2, 0.25) is 0 Å². The van der Waals surface area contributed by atoms with E-state index in [1.165, 1.54) is 12.1 Å². The number of phenols is 2. The molecule has 106 valence electrons.